The van der Waals surface area contributed by atoms with Gasteiger partial charge >= 0.3 is 0 Å². The van der Waals surface area contributed by atoms with Crippen LogP contribution in [0.3, 0.4) is 0 Å². The molecule has 0 aliphatic rings. The molecule has 1 N–H and O–H groups in total. The molecule has 1 heterocycles. The minimum absolute atomic E-state index is 0.0293. The Kier molecular flexibility index (Phi) is 6.08. The van der Waals surface area contributed by atoms with Crippen LogP contribution in [0.15, 0.2) is 47.8 Å². The number of hydrogen-bond donors (Lipinski definition) is 1. The molecule has 2 aromatic carbocycles. The summed E-state index contributed by atoms with van der Waals surface area (Å²) in [5.41, 5.74) is 4.21. The Morgan fingerprint density at radius 3 is 2.41 bits per heavy atom. The summed E-state index contributed by atoms with van der Waals surface area (Å²) in [4.78, 5) is 15.8. The molecule has 0 atom stereocenters. The summed E-state index contributed by atoms with van der Waals surface area (Å²) in [5, 5.41) is 5.91. The van der Waals surface area contributed by atoms with Crippen molar-refractivity contribution in [2.45, 2.75) is 19.9 Å². The van der Waals surface area contributed by atoms with E-state index in [0.29, 0.717) is 6.54 Å². The molecule has 0 fully saturated rings. The van der Waals surface area contributed by atoms with E-state index in [0.717, 1.165) is 45.3 Å². The Hall–Kier alpha value is -2.86. The SMILES string of the molecule is COc1ccc(Cc2nc(-c3ccc(CNC(C)=O)cc3)cs2)cc1OC. The minimum Gasteiger partial charge on any atom is -0.493 e. The van der Waals surface area contributed by atoms with Gasteiger partial charge in [-0.15, -0.1) is 11.3 Å². The number of carbonyl (C=O) groups is 1. The van der Waals surface area contributed by atoms with Gasteiger partial charge in [0.1, 0.15) is 0 Å². The molecule has 27 heavy (non-hydrogen) atoms. The summed E-state index contributed by atoms with van der Waals surface area (Å²) in [6, 6.07) is 14.0. The molecule has 140 valence electrons. The largest absolute Gasteiger partial charge is 0.493 e. The Bertz CT molecular complexity index is 919. The van der Waals surface area contributed by atoms with Crippen LogP contribution in [0.4, 0.5) is 0 Å². The number of hydrogen-bond acceptors (Lipinski definition) is 5. The van der Waals surface area contributed by atoms with Crippen molar-refractivity contribution in [3.8, 4) is 22.8 Å². The molecule has 6 heteroatoms. The van der Waals surface area contributed by atoms with Crippen molar-refractivity contribution < 1.29 is 14.3 Å². The fourth-order valence-electron chi connectivity index (χ4n) is 2.71. The van der Waals surface area contributed by atoms with E-state index in [4.69, 9.17) is 14.5 Å². The number of nitrogens with one attached hydrogen (secondary N) is 1. The number of methoxy groups -OCH3 is 2. The third-order valence-electron chi connectivity index (χ3n) is 4.15. The van der Waals surface area contributed by atoms with Crippen LogP contribution in [-0.4, -0.2) is 25.1 Å². The molecule has 0 spiro atoms. The predicted molar refractivity (Wildman–Crippen MR) is 107 cm³/mol. The molecule has 0 saturated heterocycles. The average Bonchev–Trinajstić information content (AvgIpc) is 3.15. The first-order valence-corrected chi connectivity index (χ1v) is 9.46. The minimum atomic E-state index is -0.0293. The standard InChI is InChI=1S/C21H22N2O3S/c1-14(24)22-12-15-4-7-17(8-5-15)18-13-27-21(23-18)11-16-6-9-19(25-2)20(10-16)26-3/h4-10,13H,11-12H2,1-3H3,(H,22,24). The summed E-state index contributed by atoms with van der Waals surface area (Å²) >= 11 is 1.64. The zero-order valence-electron chi connectivity index (χ0n) is 15.6. The van der Waals surface area contributed by atoms with Gasteiger partial charge in [0, 0.05) is 30.8 Å². The highest BCUT2D eigenvalue weighted by atomic mass is 32.1. The van der Waals surface area contributed by atoms with Crippen LogP contribution in [0.25, 0.3) is 11.3 Å². The third-order valence-corrected chi connectivity index (χ3v) is 5.00. The zero-order chi connectivity index (χ0) is 19.2. The van der Waals surface area contributed by atoms with Crippen molar-refractivity contribution in [2.24, 2.45) is 0 Å². The molecule has 3 rings (SSSR count). The Balaban J connectivity index is 1.70. The van der Waals surface area contributed by atoms with E-state index in [1.54, 1.807) is 25.6 Å². The number of benzene rings is 2. The molecule has 0 aliphatic carbocycles. The maximum Gasteiger partial charge on any atom is 0.217 e. The number of thiazole rings is 1. The quantitative estimate of drug-likeness (QED) is 0.670. The molecule has 0 bridgehead atoms. The lowest BCUT2D eigenvalue weighted by atomic mass is 10.1. The molecule has 5 nitrogen and oxygen atoms in total. The van der Waals surface area contributed by atoms with Gasteiger partial charge in [-0.2, -0.15) is 0 Å². The maximum atomic E-state index is 11.0. The number of amides is 1. The average molecular weight is 382 g/mol. The van der Waals surface area contributed by atoms with E-state index < -0.39 is 0 Å². The first-order valence-electron chi connectivity index (χ1n) is 8.58. The molecule has 0 unspecified atom stereocenters. The first kappa shape index (κ1) is 18.9. The molecule has 0 aliphatic heterocycles. The van der Waals surface area contributed by atoms with Gasteiger partial charge in [-0.1, -0.05) is 30.3 Å². The van der Waals surface area contributed by atoms with Gasteiger partial charge in [0.2, 0.25) is 5.91 Å². The molecule has 1 aromatic heterocycles. The Morgan fingerprint density at radius 1 is 1.04 bits per heavy atom. The van der Waals surface area contributed by atoms with Crippen molar-refractivity contribution in [3.63, 3.8) is 0 Å². The van der Waals surface area contributed by atoms with E-state index >= 15 is 0 Å². The topological polar surface area (TPSA) is 60.5 Å². The summed E-state index contributed by atoms with van der Waals surface area (Å²) in [5.74, 6) is 1.42. The van der Waals surface area contributed by atoms with Gasteiger partial charge < -0.3 is 14.8 Å². The molecule has 0 saturated carbocycles. The fraction of sp³-hybridized carbons (Fsp3) is 0.238. The van der Waals surface area contributed by atoms with Crippen molar-refractivity contribution in [2.75, 3.05) is 14.2 Å². The van der Waals surface area contributed by atoms with Crippen LogP contribution >= 0.6 is 11.3 Å². The lowest BCUT2D eigenvalue weighted by Crippen LogP contribution is -2.18. The molecule has 1 amide bonds. The van der Waals surface area contributed by atoms with E-state index in [9.17, 15) is 4.79 Å². The summed E-state index contributed by atoms with van der Waals surface area (Å²) in [6.07, 6.45) is 0.742. The summed E-state index contributed by atoms with van der Waals surface area (Å²) in [7, 11) is 3.27. The van der Waals surface area contributed by atoms with Crippen molar-refractivity contribution >= 4 is 17.2 Å². The number of rotatable bonds is 7. The van der Waals surface area contributed by atoms with Gasteiger partial charge in [0.05, 0.1) is 24.9 Å². The van der Waals surface area contributed by atoms with Crippen molar-refractivity contribution in [1.29, 1.82) is 0 Å². The second-order valence-corrected chi connectivity index (χ2v) is 7.04. The second-order valence-electron chi connectivity index (χ2n) is 6.10. The molecule has 0 radical (unpaired) electrons. The number of carbonyl (C=O) groups excluding carboxylic acids is 1. The van der Waals surface area contributed by atoms with Crippen LogP contribution in [0.5, 0.6) is 11.5 Å². The Labute approximate surface area is 163 Å². The first-order chi connectivity index (χ1) is 13.1. The number of nitrogens with zero attached hydrogens (tertiary/aromatic N) is 1. The fourth-order valence-corrected chi connectivity index (χ4v) is 3.55. The van der Waals surface area contributed by atoms with E-state index in [1.165, 1.54) is 6.92 Å². The van der Waals surface area contributed by atoms with E-state index in [-0.39, 0.29) is 5.91 Å². The van der Waals surface area contributed by atoms with Crippen LogP contribution in [0.2, 0.25) is 0 Å². The zero-order valence-corrected chi connectivity index (χ0v) is 16.4. The van der Waals surface area contributed by atoms with Gasteiger partial charge in [-0.3, -0.25) is 4.79 Å². The van der Waals surface area contributed by atoms with E-state index in [1.807, 2.05) is 42.5 Å². The van der Waals surface area contributed by atoms with Gasteiger partial charge in [0.15, 0.2) is 11.5 Å². The molecule has 3 aromatic rings. The monoisotopic (exact) mass is 382 g/mol. The lowest BCUT2D eigenvalue weighted by Gasteiger charge is -2.08. The highest BCUT2D eigenvalue weighted by Crippen LogP contribution is 2.30. The summed E-state index contributed by atoms with van der Waals surface area (Å²) in [6.45, 7) is 2.06. The predicted octanol–water partition coefficient (Wildman–Crippen LogP) is 4.05. The highest BCUT2D eigenvalue weighted by molar-refractivity contribution is 7.10. The van der Waals surface area contributed by atoms with E-state index in [2.05, 4.69) is 10.7 Å². The van der Waals surface area contributed by atoms with Crippen LogP contribution in [-0.2, 0) is 17.8 Å². The van der Waals surface area contributed by atoms with Crippen LogP contribution in [0, 0.1) is 0 Å². The second kappa shape index (κ2) is 8.68. The van der Waals surface area contributed by atoms with Crippen molar-refractivity contribution in [3.05, 3.63) is 64.0 Å². The highest BCUT2D eigenvalue weighted by Gasteiger charge is 2.09. The number of aromatic nitrogens is 1. The molecular formula is C21H22N2O3S. The van der Waals surface area contributed by atoms with Crippen molar-refractivity contribution in [1.82, 2.24) is 10.3 Å². The molecular weight excluding hydrogens is 360 g/mol. The number of ether oxygens (including phenoxy) is 2. The third kappa shape index (κ3) is 4.86. The lowest BCUT2D eigenvalue weighted by molar-refractivity contribution is -0.119. The van der Waals surface area contributed by atoms with Gasteiger partial charge in [-0.25, -0.2) is 4.98 Å². The maximum absolute atomic E-state index is 11.0. The Morgan fingerprint density at radius 2 is 1.74 bits per heavy atom. The van der Waals surface area contributed by atoms with Gasteiger partial charge in [0.25, 0.3) is 0 Å². The van der Waals surface area contributed by atoms with Gasteiger partial charge in [-0.05, 0) is 23.3 Å². The van der Waals surface area contributed by atoms with Crippen LogP contribution < -0.4 is 14.8 Å². The summed E-state index contributed by atoms with van der Waals surface area (Å²) < 4.78 is 10.6. The smallest absolute Gasteiger partial charge is 0.217 e. The normalized spacial score (nSPS) is 10.5. The van der Waals surface area contributed by atoms with Crippen LogP contribution in [0.1, 0.15) is 23.1 Å².